The molecule has 1 aromatic heterocycles. The molecular formula is C14H16FN5. The van der Waals surface area contributed by atoms with Gasteiger partial charge in [0, 0.05) is 24.7 Å². The molecule has 1 aromatic carbocycles. The van der Waals surface area contributed by atoms with Crippen molar-refractivity contribution in [2.24, 2.45) is 5.84 Å². The summed E-state index contributed by atoms with van der Waals surface area (Å²) in [6.07, 6.45) is 1.60. The number of aromatic nitrogens is 2. The van der Waals surface area contributed by atoms with E-state index < -0.39 is 0 Å². The number of nitrogen functional groups attached to an aromatic ring is 1. The molecule has 20 heavy (non-hydrogen) atoms. The minimum atomic E-state index is -0.238. The van der Waals surface area contributed by atoms with Gasteiger partial charge < -0.3 is 10.3 Å². The molecule has 0 atom stereocenters. The second-order valence-electron chi connectivity index (χ2n) is 4.70. The fourth-order valence-corrected chi connectivity index (χ4v) is 2.44. The van der Waals surface area contributed by atoms with Gasteiger partial charge in [0.1, 0.15) is 23.3 Å². The summed E-state index contributed by atoms with van der Waals surface area (Å²) in [5, 5.41) is 0. The molecule has 0 bridgehead atoms. The highest BCUT2D eigenvalue weighted by atomic mass is 19.1. The summed E-state index contributed by atoms with van der Waals surface area (Å²) in [5.74, 6) is 7.22. The second kappa shape index (κ2) is 5.05. The summed E-state index contributed by atoms with van der Waals surface area (Å²) in [5.41, 5.74) is 4.55. The molecule has 1 aliphatic rings. The number of fused-ring (bicyclic) bond motifs is 1. The smallest absolute Gasteiger partial charge is 0.145 e. The molecule has 0 spiro atoms. The van der Waals surface area contributed by atoms with Crippen molar-refractivity contribution in [3.8, 4) is 0 Å². The van der Waals surface area contributed by atoms with E-state index in [0.717, 1.165) is 30.0 Å². The van der Waals surface area contributed by atoms with Crippen molar-refractivity contribution in [1.82, 2.24) is 9.97 Å². The molecule has 104 valence electrons. The summed E-state index contributed by atoms with van der Waals surface area (Å²) in [7, 11) is 0. The third kappa shape index (κ3) is 2.18. The first-order chi connectivity index (χ1) is 9.71. The summed E-state index contributed by atoms with van der Waals surface area (Å²) in [6.45, 7) is 2.76. The number of halogens is 1. The van der Waals surface area contributed by atoms with Gasteiger partial charge in [0.2, 0.25) is 0 Å². The van der Waals surface area contributed by atoms with Crippen LogP contribution in [0.2, 0.25) is 0 Å². The van der Waals surface area contributed by atoms with Crippen LogP contribution in [-0.4, -0.2) is 16.5 Å². The molecule has 3 rings (SSSR count). The lowest BCUT2D eigenvalue weighted by atomic mass is 10.2. The highest BCUT2D eigenvalue weighted by molar-refractivity contribution is 5.69. The Hall–Kier alpha value is -2.21. The van der Waals surface area contributed by atoms with E-state index in [-0.39, 0.29) is 5.82 Å². The van der Waals surface area contributed by atoms with Crippen LogP contribution in [0.4, 0.5) is 21.7 Å². The van der Waals surface area contributed by atoms with Gasteiger partial charge in [0.25, 0.3) is 0 Å². The Morgan fingerprint density at radius 2 is 2.20 bits per heavy atom. The second-order valence-corrected chi connectivity index (χ2v) is 4.70. The maximum absolute atomic E-state index is 13.5. The molecule has 0 radical (unpaired) electrons. The molecule has 0 saturated carbocycles. The molecule has 2 heterocycles. The fraction of sp³-hybridized carbons (Fsp3) is 0.286. The third-order valence-electron chi connectivity index (χ3n) is 3.44. The lowest BCUT2D eigenvalue weighted by Crippen LogP contribution is -2.18. The Morgan fingerprint density at radius 1 is 1.35 bits per heavy atom. The Kier molecular flexibility index (Phi) is 3.23. The van der Waals surface area contributed by atoms with E-state index in [1.54, 1.807) is 12.1 Å². The topological polar surface area (TPSA) is 67.1 Å². The Balaban J connectivity index is 2.05. The first kappa shape index (κ1) is 12.8. The Morgan fingerprint density at radius 3 is 2.95 bits per heavy atom. The van der Waals surface area contributed by atoms with Gasteiger partial charge in [-0.1, -0.05) is 13.0 Å². The lowest BCUT2D eigenvalue weighted by molar-refractivity contribution is 0.628. The summed E-state index contributed by atoms with van der Waals surface area (Å²) >= 11 is 0. The van der Waals surface area contributed by atoms with E-state index in [4.69, 9.17) is 5.84 Å². The number of anilines is 3. The van der Waals surface area contributed by atoms with Gasteiger partial charge in [0.05, 0.1) is 0 Å². The van der Waals surface area contributed by atoms with Crippen molar-refractivity contribution in [2.75, 3.05) is 16.9 Å². The average Bonchev–Trinajstić information content (AvgIpc) is 2.89. The molecule has 3 N–H and O–H groups in total. The first-order valence-corrected chi connectivity index (χ1v) is 6.62. The quantitative estimate of drug-likeness (QED) is 0.662. The fourth-order valence-electron chi connectivity index (χ4n) is 2.44. The van der Waals surface area contributed by atoms with Crippen LogP contribution in [0.15, 0.2) is 24.3 Å². The number of nitrogens with one attached hydrogen (secondary N) is 1. The zero-order valence-corrected chi connectivity index (χ0v) is 11.2. The van der Waals surface area contributed by atoms with Crippen LogP contribution < -0.4 is 16.2 Å². The summed E-state index contributed by atoms with van der Waals surface area (Å²) in [4.78, 5) is 10.8. The van der Waals surface area contributed by atoms with Gasteiger partial charge in [-0.05, 0) is 24.1 Å². The predicted octanol–water partition coefficient (Wildman–Crippen LogP) is 2.16. The first-order valence-electron chi connectivity index (χ1n) is 6.62. The molecule has 5 nitrogen and oxygen atoms in total. The zero-order valence-electron chi connectivity index (χ0n) is 11.2. The van der Waals surface area contributed by atoms with Gasteiger partial charge in [-0.15, -0.1) is 0 Å². The molecule has 1 aliphatic heterocycles. The number of benzene rings is 1. The van der Waals surface area contributed by atoms with Gasteiger partial charge in [-0.2, -0.15) is 0 Å². The molecule has 0 aliphatic carbocycles. The molecule has 0 amide bonds. The molecule has 0 unspecified atom stereocenters. The van der Waals surface area contributed by atoms with Crippen LogP contribution in [0.1, 0.15) is 18.3 Å². The van der Waals surface area contributed by atoms with Crippen molar-refractivity contribution in [3.05, 3.63) is 41.5 Å². The van der Waals surface area contributed by atoms with Gasteiger partial charge in [-0.25, -0.2) is 20.2 Å². The number of rotatable bonds is 3. The zero-order chi connectivity index (χ0) is 14.1. The number of aryl methyl sites for hydroxylation is 1. The number of nitrogens with two attached hydrogens (primary N) is 1. The van der Waals surface area contributed by atoms with Crippen LogP contribution in [0, 0.1) is 5.82 Å². The van der Waals surface area contributed by atoms with E-state index in [1.165, 1.54) is 6.07 Å². The van der Waals surface area contributed by atoms with E-state index in [9.17, 15) is 4.39 Å². The number of hydrazine groups is 1. The summed E-state index contributed by atoms with van der Waals surface area (Å²) < 4.78 is 13.5. The third-order valence-corrected chi connectivity index (χ3v) is 3.44. The largest absolute Gasteiger partial charge is 0.326 e. The normalized spacial score (nSPS) is 13.4. The van der Waals surface area contributed by atoms with E-state index in [0.29, 0.717) is 18.1 Å². The highest BCUT2D eigenvalue weighted by Crippen LogP contribution is 2.34. The molecule has 2 aromatic rings. The van der Waals surface area contributed by atoms with Crippen LogP contribution >= 0.6 is 0 Å². The van der Waals surface area contributed by atoms with Crippen molar-refractivity contribution in [1.29, 1.82) is 0 Å². The van der Waals surface area contributed by atoms with Crippen LogP contribution in [0.3, 0.4) is 0 Å². The molecular weight excluding hydrogens is 257 g/mol. The van der Waals surface area contributed by atoms with Crippen molar-refractivity contribution in [3.63, 3.8) is 0 Å². The predicted molar refractivity (Wildman–Crippen MR) is 76.3 cm³/mol. The monoisotopic (exact) mass is 273 g/mol. The summed E-state index contributed by atoms with van der Waals surface area (Å²) in [6, 6.07) is 6.64. The van der Waals surface area contributed by atoms with Crippen molar-refractivity contribution >= 4 is 17.3 Å². The van der Waals surface area contributed by atoms with Gasteiger partial charge >= 0.3 is 0 Å². The standard InChI is InChI=1S/C14H16FN5/c1-2-12-17-13(19-16)8-14(18-12)20-6-5-9-3-4-10(15)7-11(9)20/h3-4,7-8H,2,5-6,16H2,1H3,(H,17,18,19). The van der Waals surface area contributed by atoms with Gasteiger partial charge in [0.15, 0.2) is 0 Å². The number of hydrogen-bond acceptors (Lipinski definition) is 5. The minimum absolute atomic E-state index is 0.238. The van der Waals surface area contributed by atoms with E-state index in [2.05, 4.69) is 15.4 Å². The van der Waals surface area contributed by atoms with Crippen molar-refractivity contribution in [2.45, 2.75) is 19.8 Å². The average molecular weight is 273 g/mol. The van der Waals surface area contributed by atoms with Crippen LogP contribution in [0.25, 0.3) is 0 Å². The number of hydrogen-bond donors (Lipinski definition) is 2. The molecule has 0 fully saturated rings. The SMILES string of the molecule is CCc1nc(NN)cc(N2CCc3ccc(F)cc32)n1. The maximum Gasteiger partial charge on any atom is 0.145 e. The minimum Gasteiger partial charge on any atom is -0.326 e. The highest BCUT2D eigenvalue weighted by Gasteiger charge is 2.22. The molecule has 6 heteroatoms. The Bertz CT molecular complexity index is 621. The van der Waals surface area contributed by atoms with E-state index >= 15 is 0 Å². The van der Waals surface area contributed by atoms with Crippen LogP contribution in [0.5, 0.6) is 0 Å². The lowest BCUT2D eigenvalue weighted by Gasteiger charge is -2.19. The molecule has 0 saturated heterocycles. The van der Waals surface area contributed by atoms with Crippen LogP contribution in [-0.2, 0) is 12.8 Å². The maximum atomic E-state index is 13.5. The van der Waals surface area contributed by atoms with Crippen molar-refractivity contribution < 1.29 is 4.39 Å². The Labute approximate surface area is 116 Å². The van der Waals surface area contributed by atoms with E-state index in [1.807, 2.05) is 17.9 Å². The van der Waals surface area contributed by atoms with Gasteiger partial charge in [-0.3, -0.25) is 0 Å². The number of nitrogens with zero attached hydrogens (tertiary/aromatic N) is 3.